The predicted molar refractivity (Wildman–Crippen MR) is 105 cm³/mol. The van der Waals surface area contributed by atoms with Gasteiger partial charge in [-0.1, -0.05) is 13.8 Å². The van der Waals surface area contributed by atoms with Crippen molar-refractivity contribution in [3.05, 3.63) is 23.4 Å². The second-order valence-corrected chi connectivity index (χ2v) is 8.18. The van der Waals surface area contributed by atoms with Gasteiger partial charge in [-0.3, -0.25) is 14.9 Å². The number of aromatic nitrogens is 3. The molecule has 1 saturated heterocycles. The zero-order valence-electron chi connectivity index (χ0n) is 16.0. The highest BCUT2D eigenvalue weighted by Gasteiger charge is 2.26. The minimum atomic E-state index is -0.375. The summed E-state index contributed by atoms with van der Waals surface area (Å²) in [4.78, 5) is 28.0. The topological polar surface area (TPSA) is 121 Å². The molecule has 9 heteroatoms. The number of hydrogen-bond acceptors (Lipinski definition) is 7. The first kappa shape index (κ1) is 18.4. The molecule has 4 rings (SSSR count). The average molecular weight is 384 g/mol. The summed E-state index contributed by atoms with van der Waals surface area (Å²) in [5.41, 5.74) is 1.38. The van der Waals surface area contributed by atoms with Crippen LogP contribution in [0, 0.1) is 5.41 Å². The summed E-state index contributed by atoms with van der Waals surface area (Å²) < 4.78 is 1.71. The van der Waals surface area contributed by atoms with Crippen molar-refractivity contribution in [1.29, 1.82) is 0 Å². The molecule has 9 nitrogen and oxygen atoms in total. The van der Waals surface area contributed by atoms with Crippen molar-refractivity contribution in [1.82, 2.24) is 19.9 Å². The zero-order chi connectivity index (χ0) is 19.9. The fraction of sp³-hybridized carbons (Fsp3) is 0.474. The number of nitrogens with zero attached hydrogens (tertiary/aromatic N) is 3. The second-order valence-electron chi connectivity index (χ2n) is 8.18. The number of anilines is 2. The van der Waals surface area contributed by atoms with E-state index < -0.39 is 0 Å². The van der Waals surface area contributed by atoms with Crippen LogP contribution in [0.5, 0.6) is 0 Å². The number of carbonyl (C=O) groups excluding carboxylic acids is 2. The average Bonchev–Trinajstić information content (AvgIpc) is 3.29. The summed E-state index contributed by atoms with van der Waals surface area (Å²) in [5.74, 6) is 0.794. The van der Waals surface area contributed by atoms with Gasteiger partial charge in [-0.25, -0.2) is 4.98 Å². The lowest BCUT2D eigenvalue weighted by Gasteiger charge is -2.22. The Morgan fingerprint density at radius 2 is 2.18 bits per heavy atom. The monoisotopic (exact) mass is 384 g/mol. The van der Waals surface area contributed by atoms with Gasteiger partial charge in [-0.05, 0) is 18.9 Å². The third kappa shape index (κ3) is 3.84. The Kier molecular flexibility index (Phi) is 4.54. The number of imide groups is 1. The number of aliphatic hydroxyl groups excluding tert-OH is 1. The quantitative estimate of drug-likeness (QED) is 0.418. The third-order valence-electron chi connectivity index (χ3n) is 4.83. The van der Waals surface area contributed by atoms with Crippen LogP contribution in [0.2, 0.25) is 0 Å². The molecule has 0 aromatic carbocycles. The summed E-state index contributed by atoms with van der Waals surface area (Å²) in [6, 6.07) is 2.32. The molecular weight excluding hydrogens is 360 g/mol. The summed E-state index contributed by atoms with van der Waals surface area (Å²) >= 11 is 0. The van der Waals surface area contributed by atoms with Gasteiger partial charge >= 0.3 is 0 Å². The van der Waals surface area contributed by atoms with Crippen LogP contribution in [0.15, 0.2) is 17.8 Å². The van der Waals surface area contributed by atoms with E-state index in [1.165, 1.54) is 0 Å². The van der Waals surface area contributed by atoms with E-state index >= 15 is 0 Å². The molecule has 0 radical (unpaired) electrons. The molecule has 2 aliphatic rings. The van der Waals surface area contributed by atoms with E-state index in [1.54, 1.807) is 16.8 Å². The molecule has 0 unspecified atom stereocenters. The molecule has 2 aromatic rings. The number of amides is 2. The van der Waals surface area contributed by atoms with Gasteiger partial charge in [0.05, 0.1) is 12.6 Å². The Bertz CT molecular complexity index is 973. The number of aliphatic hydroxyl groups is 1. The fourth-order valence-corrected chi connectivity index (χ4v) is 2.91. The Balaban J connectivity index is 1.71. The molecule has 0 spiro atoms. The molecule has 1 aliphatic carbocycles. The van der Waals surface area contributed by atoms with E-state index in [0.29, 0.717) is 35.2 Å². The minimum Gasteiger partial charge on any atom is -0.396 e. The lowest BCUT2D eigenvalue weighted by molar-refractivity contribution is -0.124. The van der Waals surface area contributed by atoms with Crippen LogP contribution in [0.25, 0.3) is 11.7 Å². The van der Waals surface area contributed by atoms with Gasteiger partial charge in [0.15, 0.2) is 5.65 Å². The van der Waals surface area contributed by atoms with E-state index in [1.807, 2.05) is 19.9 Å². The standard InChI is InChI=1S/C19H24N6O3/c1-19(2,10-26)9-20-14-7-15(22-13-3-4-13)25-17(23-14)12(8-21-25)5-11-6-16(27)24-18(11)28/h5,7-8,13,22,26H,3-4,6,9-10H2,1-2H3,(H,20,23)(H,24,27,28)/b11-5+. The zero-order valence-corrected chi connectivity index (χ0v) is 16.0. The Morgan fingerprint density at radius 3 is 2.82 bits per heavy atom. The summed E-state index contributed by atoms with van der Waals surface area (Å²) in [5, 5.41) is 22.9. The molecule has 0 atom stereocenters. The van der Waals surface area contributed by atoms with Gasteiger partial charge in [-0.2, -0.15) is 9.61 Å². The van der Waals surface area contributed by atoms with Crippen molar-refractivity contribution in [3.63, 3.8) is 0 Å². The first-order valence-electron chi connectivity index (χ1n) is 9.39. The minimum absolute atomic E-state index is 0.0581. The van der Waals surface area contributed by atoms with E-state index in [-0.39, 0.29) is 30.3 Å². The maximum Gasteiger partial charge on any atom is 0.254 e. The summed E-state index contributed by atoms with van der Waals surface area (Å²) in [7, 11) is 0. The molecule has 1 aliphatic heterocycles. The number of nitrogens with one attached hydrogen (secondary N) is 3. The molecule has 0 bridgehead atoms. The molecule has 4 N–H and O–H groups in total. The number of carbonyl (C=O) groups is 2. The molecule has 148 valence electrons. The van der Waals surface area contributed by atoms with Crippen molar-refractivity contribution < 1.29 is 14.7 Å². The lowest BCUT2D eigenvalue weighted by atomic mass is 9.95. The first-order chi connectivity index (χ1) is 13.3. The van der Waals surface area contributed by atoms with Crippen LogP contribution in [0.3, 0.4) is 0 Å². The van der Waals surface area contributed by atoms with Gasteiger partial charge in [0.2, 0.25) is 5.91 Å². The van der Waals surface area contributed by atoms with Crippen LogP contribution >= 0.6 is 0 Å². The largest absolute Gasteiger partial charge is 0.396 e. The Hall–Kier alpha value is -2.94. The molecule has 2 fully saturated rings. The van der Waals surface area contributed by atoms with Crippen LogP contribution in [0.4, 0.5) is 11.6 Å². The summed E-state index contributed by atoms with van der Waals surface area (Å²) in [6.07, 6.45) is 5.60. The number of rotatable bonds is 7. The van der Waals surface area contributed by atoms with Crippen molar-refractivity contribution in [2.75, 3.05) is 23.8 Å². The molecule has 2 amide bonds. The van der Waals surface area contributed by atoms with Crippen LogP contribution in [-0.4, -0.2) is 50.7 Å². The maximum atomic E-state index is 11.9. The smallest absolute Gasteiger partial charge is 0.254 e. The van der Waals surface area contributed by atoms with E-state index in [0.717, 1.165) is 18.7 Å². The predicted octanol–water partition coefficient (Wildman–Crippen LogP) is 1.16. The number of fused-ring (bicyclic) bond motifs is 1. The highest BCUT2D eigenvalue weighted by molar-refractivity contribution is 6.15. The van der Waals surface area contributed by atoms with E-state index in [9.17, 15) is 14.7 Å². The van der Waals surface area contributed by atoms with E-state index in [4.69, 9.17) is 0 Å². The van der Waals surface area contributed by atoms with Crippen LogP contribution < -0.4 is 16.0 Å². The van der Waals surface area contributed by atoms with Crippen molar-refractivity contribution >= 4 is 35.2 Å². The Morgan fingerprint density at radius 1 is 1.39 bits per heavy atom. The maximum absolute atomic E-state index is 11.9. The highest BCUT2D eigenvalue weighted by atomic mass is 16.3. The second kappa shape index (κ2) is 6.90. The normalized spacial score (nSPS) is 18.8. The van der Waals surface area contributed by atoms with Gasteiger partial charge in [0.1, 0.15) is 11.6 Å². The van der Waals surface area contributed by atoms with Gasteiger partial charge < -0.3 is 15.7 Å². The molecular formula is C19H24N6O3. The van der Waals surface area contributed by atoms with Crippen LogP contribution in [0.1, 0.15) is 38.7 Å². The number of hydrogen-bond donors (Lipinski definition) is 4. The van der Waals surface area contributed by atoms with Gasteiger partial charge in [0, 0.05) is 41.8 Å². The molecule has 28 heavy (non-hydrogen) atoms. The van der Waals surface area contributed by atoms with E-state index in [2.05, 4.69) is 26.0 Å². The van der Waals surface area contributed by atoms with Gasteiger partial charge in [-0.15, -0.1) is 0 Å². The Labute approximate surface area is 162 Å². The van der Waals surface area contributed by atoms with Crippen molar-refractivity contribution in [2.45, 2.75) is 39.2 Å². The van der Waals surface area contributed by atoms with Crippen molar-refractivity contribution in [3.8, 4) is 0 Å². The van der Waals surface area contributed by atoms with Gasteiger partial charge in [0.25, 0.3) is 5.91 Å². The summed E-state index contributed by atoms with van der Waals surface area (Å²) in [6.45, 7) is 4.54. The first-order valence-corrected chi connectivity index (χ1v) is 9.39. The molecule has 3 heterocycles. The molecule has 1 saturated carbocycles. The van der Waals surface area contributed by atoms with Crippen molar-refractivity contribution in [2.24, 2.45) is 5.41 Å². The fourth-order valence-electron chi connectivity index (χ4n) is 2.91. The SMILES string of the molecule is CC(C)(CO)CNc1cc(NC2CC2)n2ncc(/C=C3\CC(=O)NC3=O)c2n1. The molecule has 2 aromatic heterocycles. The lowest BCUT2D eigenvalue weighted by Crippen LogP contribution is -2.27. The van der Waals surface area contributed by atoms with Crippen LogP contribution in [-0.2, 0) is 9.59 Å². The highest BCUT2D eigenvalue weighted by Crippen LogP contribution is 2.28. The third-order valence-corrected chi connectivity index (χ3v) is 4.83.